The smallest absolute Gasteiger partial charge is 0.129 e. The van der Waals surface area contributed by atoms with Crippen molar-refractivity contribution in [2.24, 2.45) is 0 Å². The molecule has 0 radical (unpaired) electrons. The number of phenols is 1. The predicted molar refractivity (Wildman–Crippen MR) is 100 cm³/mol. The van der Waals surface area contributed by atoms with Crippen molar-refractivity contribution in [3.8, 4) is 5.75 Å². The molecule has 0 aliphatic heterocycles. The summed E-state index contributed by atoms with van der Waals surface area (Å²) in [6.45, 7) is 1.69. The molecule has 2 N–H and O–H groups in total. The minimum atomic E-state index is 0.356. The Balaban J connectivity index is 1.59. The molecule has 3 aromatic rings. The Labute approximate surface area is 144 Å². The predicted octanol–water partition coefficient (Wildman–Crippen LogP) is 4.48. The molecule has 0 unspecified atom stereocenters. The van der Waals surface area contributed by atoms with Gasteiger partial charge in [0.05, 0.1) is 3.57 Å². The lowest BCUT2D eigenvalue weighted by Gasteiger charge is -2.08. The van der Waals surface area contributed by atoms with E-state index < -0.39 is 0 Å². The number of aromatic hydroxyl groups is 1. The normalized spacial score (nSPS) is 11.0. The van der Waals surface area contributed by atoms with Crippen molar-refractivity contribution >= 4 is 33.4 Å². The standard InChI is InChI=1S/C19H18INO/c20-18-9-8-14(12-19(18)22)13-21-11-10-16-6-3-5-15-4-1-2-7-17(15)16/h1-9,12,21-22H,10-11,13H2. The molecule has 0 atom stereocenters. The molecule has 3 heteroatoms. The molecule has 0 heterocycles. The zero-order chi connectivity index (χ0) is 15.4. The monoisotopic (exact) mass is 403 g/mol. The van der Waals surface area contributed by atoms with Gasteiger partial charge >= 0.3 is 0 Å². The average Bonchev–Trinajstić information content (AvgIpc) is 2.55. The molecule has 0 amide bonds. The summed E-state index contributed by atoms with van der Waals surface area (Å²) in [5.74, 6) is 0.356. The first-order valence-corrected chi connectivity index (χ1v) is 8.46. The van der Waals surface area contributed by atoms with Gasteiger partial charge in [-0.05, 0) is 69.6 Å². The second-order valence-corrected chi connectivity index (χ2v) is 6.51. The first-order valence-electron chi connectivity index (χ1n) is 7.39. The van der Waals surface area contributed by atoms with Crippen LogP contribution in [0.5, 0.6) is 5.75 Å². The van der Waals surface area contributed by atoms with Gasteiger partial charge in [0, 0.05) is 6.54 Å². The summed E-state index contributed by atoms with van der Waals surface area (Å²) in [7, 11) is 0. The second kappa shape index (κ2) is 7.11. The molecular weight excluding hydrogens is 385 g/mol. The summed E-state index contributed by atoms with van der Waals surface area (Å²) in [4.78, 5) is 0. The highest BCUT2D eigenvalue weighted by Gasteiger charge is 2.01. The van der Waals surface area contributed by atoms with Gasteiger partial charge in [0.25, 0.3) is 0 Å². The third-order valence-corrected chi connectivity index (χ3v) is 4.70. The first-order chi connectivity index (χ1) is 10.7. The second-order valence-electron chi connectivity index (χ2n) is 5.35. The number of fused-ring (bicyclic) bond motifs is 1. The van der Waals surface area contributed by atoms with Gasteiger partial charge in [-0.1, -0.05) is 48.5 Å². The quantitative estimate of drug-likeness (QED) is 0.486. The number of halogens is 1. The molecule has 0 bridgehead atoms. The molecule has 0 saturated heterocycles. The van der Waals surface area contributed by atoms with E-state index in [1.54, 1.807) is 0 Å². The third-order valence-electron chi connectivity index (χ3n) is 3.79. The molecule has 0 saturated carbocycles. The molecule has 3 aromatic carbocycles. The Morgan fingerprint density at radius 2 is 1.77 bits per heavy atom. The van der Waals surface area contributed by atoms with Gasteiger partial charge in [-0.15, -0.1) is 0 Å². The highest BCUT2D eigenvalue weighted by molar-refractivity contribution is 14.1. The lowest BCUT2D eigenvalue weighted by Crippen LogP contribution is -2.16. The van der Waals surface area contributed by atoms with Crippen molar-refractivity contribution < 1.29 is 5.11 Å². The van der Waals surface area contributed by atoms with E-state index in [9.17, 15) is 5.11 Å². The average molecular weight is 403 g/mol. The van der Waals surface area contributed by atoms with Crippen LogP contribution in [0.15, 0.2) is 60.7 Å². The molecule has 112 valence electrons. The summed E-state index contributed by atoms with van der Waals surface area (Å²) in [6.07, 6.45) is 0.998. The molecule has 3 rings (SSSR count). The molecule has 0 fully saturated rings. The maximum Gasteiger partial charge on any atom is 0.129 e. The molecule has 0 aliphatic rings. The van der Waals surface area contributed by atoms with Crippen molar-refractivity contribution in [2.45, 2.75) is 13.0 Å². The van der Waals surface area contributed by atoms with E-state index in [4.69, 9.17) is 0 Å². The van der Waals surface area contributed by atoms with Crippen molar-refractivity contribution in [3.63, 3.8) is 0 Å². The van der Waals surface area contributed by atoms with E-state index in [1.165, 1.54) is 16.3 Å². The van der Waals surface area contributed by atoms with Crippen LogP contribution in [0.3, 0.4) is 0 Å². The molecule has 22 heavy (non-hydrogen) atoms. The van der Waals surface area contributed by atoms with E-state index in [0.717, 1.165) is 28.6 Å². The van der Waals surface area contributed by atoms with E-state index in [2.05, 4.69) is 70.4 Å². The number of phenolic OH excluding ortho intramolecular Hbond substituents is 1. The molecular formula is C19H18INO. The van der Waals surface area contributed by atoms with Crippen LogP contribution in [0.2, 0.25) is 0 Å². The zero-order valence-corrected chi connectivity index (χ0v) is 14.4. The maximum absolute atomic E-state index is 9.72. The molecule has 0 spiro atoms. The first kappa shape index (κ1) is 15.3. The van der Waals surface area contributed by atoms with Gasteiger partial charge in [0.1, 0.15) is 5.75 Å². The highest BCUT2D eigenvalue weighted by Crippen LogP contribution is 2.21. The largest absolute Gasteiger partial charge is 0.507 e. The van der Waals surface area contributed by atoms with Crippen LogP contribution < -0.4 is 5.32 Å². The number of hydrogen-bond donors (Lipinski definition) is 2. The van der Waals surface area contributed by atoms with Gasteiger partial charge in [0.2, 0.25) is 0 Å². The summed E-state index contributed by atoms with van der Waals surface area (Å²) >= 11 is 2.13. The fourth-order valence-corrected chi connectivity index (χ4v) is 2.97. The Hall–Kier alpha value is -1.59. The Morgan fingerprint density at radius 3 is 2.64 bits per heavy atom. The minimum absolute atomic E-state index is 0.356. The van der Waals surface area contributed by atoms with Crippen LogP contribution in [-0.4, -0.2) is 11.7 Å². The van der Waals surface area contributed by atoms with Crippen LogP contribution >= 0.6 is 22.6 Å². The van der Waals surface area contributed by atoms with E-state index in [-0.39, 0.29) is 0 Å². The number of rotatable bonds is 5. The van der Waals surface area contributed by atoms with Crippen LogP contribution in [0, 0.1) is 3.57 Å². The van der Waals surface area contributed by atoms with Gasteiger partial charge in [-0.2, -0.15) is 0 Å². The van der Waals surface area contributed by atoms with Crippen molar-refractivity contribution in [1.29, 1.82) is 0 Å². The van der Waals surface area contributed by atoms with Crippen LogP contribution in [0.4, 0.5) is 0 Å². The molecule has 0 aliphatic carbocycles. The lowest BCUT2D eigenvalue weighted by atomic mass is 10.0. The summed E-state index contributed by atoms with van der Waals surface area (Å²) in [5.41, 5.74) is 2.48. The van der Waals surface area contributed by atoms with Crippen molar-refractivity contribution in [2.75, 3.05) is 6.54 Å². The van der Waals surface area contributed by atoms with E-state index in [0.29, 0.717) is 5.75 Å². The Morgan fingerprint density at radius 1 is 0.955 bits per heavy atom. The summed E-state index contributed by atoms with van der Waals surface area (Å²) < 4.78 is 0.886. The Bertz CT molecular complexity index is 780. The van der Waals surface area contributed by atoms with Crippen LogP contribution in [-0.2, 0) is 13.0 Å². The maximum atomic E-state index is 9.72. The fraction of sp³-hybridized carbons (Fsp3) is 0.158. The third kappa shape index (κ3) is 3.59. The number of nitrogens with one attached hydrogen (secondary N) is 1. The fourth-order valence-electron chi connectivity index (χ4n) is 2.63. The van der Waals surface area contributed by atoms with Gasteiger partial charge in [-0.25, -0.2) is 0 Å². The molecule has 0 aromatic heterocycles. The van der Waals surface area contributed by atoms with Gasteiger partial charge < -0.3 is 10.4 Å². The van der Waals surface area contributed by atoms with Crippen LogP contribution in [0.1, 0.15) is 11.1 Å². The number of hydrogen-bond acceptors (Lipinski definition) is 2. The minimum Gasteiger partial charge on any atom is -0.507 e. The van der Waals surface area contributed by atoms with Gasteiger partial charge in [0.15, 0.2) is 0 Å². The van der Waals surface area contributed by atoms with Gasteiger partial charge in [-0.3, -0.25) is 0 Å². The lowest BCUT2D eigenvalue weighted by molar-refractivity contribution is 0.470. The van der Waals surface area contributed by atoms with Crippen LogP contribution in [0.25, 0.3) is 10.8 Å². The van der Waals surface area contributed by atoms with Crippen molar-refractivity contribution in [3.05, 3.63) is 75.4 Å². The number of benzene rings is 3. The van der Waals surface area contributed by atoms with Crippen molar-refractivity contribution in [1.82, 2.24) is 5.32 Å². The highest BCUT2D eigenvalue weighted by atomic mass is 127. The van der Waals surface area contributed by atoms with E-state index in [1.807, 2.05) is 18.2 Å². The zero-order valence-electron chi connectivity index (χ0n) is 12.2. The Kier molecular flexibility index (Phi) is 4.95. The molecule has 2 nitrogen and oxygen atoms in total. The summed E-state index contributed by atoms with van der Waals surface area (Å²) in [6, 6.07) is 20.8. The van der Waals surface area contributed by atoms with E-state index >= 15 is 0 Å². The summed E-state index contributed by atoms with van der Waals surface area (Å²) in [5, 5.41) is 15.8. The topological polar surface area (TPSA) is 32.3 Å². The SMILES string of the molecule is Oc1cc(CNCCc2cccc3ccccc23)ccc1I.